The highest BCUT2D eigenvalue weighted by Crippen LogP contribution is 2.28. The molecule has 140 valence electrons. The molecule has 0 aliphatic carbocycles. The molecule has 0 atom stereocenters. The Morgan fingerprint density at radius 3 is 2.40 bits per heavy atom. The van der Waals surface area contributed by atoms with E-state index < -0.39 is 0 Å². The number of amides is 1. The molecule has 0 radical (unpaired) electrons. The molecule has 1 fully saturated rings. The van der Waals surface area contributed by atoms with Crippen molar-refractivity contribution in [1.82, 2.24) is 10.2 Å². The molecule has 0 saturated carbocycles. The van der Waals surface area contributed by atoms with Gasteiger partial charge in [-0.2, -0.15) is 0 Å². The summed E-state index contributed by atoms with van der Waals surface area (Å²) in [4.78, 5) is 14.9. The van der Waals surface area contributed by atoms with Gasteiger partial charge in [0.2, 0.25) is 0 Å². The maximum absolute atomic E-state index is 12.4. The summed E-state index contributed by atoms with van der Waals surface area (Å²) in [6.07, 6.45) is 6.30. The first-order valence-corrected chi connectivity index (χ1v) is 9.64. The topological polar surface area (TPSA) is 50.8 Å². The predicted octanol–water partition coefficient (Wildman–Crippen LogP) is 3.48. The van der Waals surface area contributed by atoms with E-state index >= 15 is 0 Å². The minimum atomic E-state index is -0.0557. The van der Waals surface area contributed by atoms with E-state index in [1.54, 1.807) is 18.2 Å². The zero-order chi connectivity index (χ0) is 17.9. The Kier molecular flexibility index (Phi) is 8.60. The maximum atomic E-state index is 12.4. The molecule has 0 bridgehead atoms. The van der Waals surface area contributed by atoms with Crippen LogP contribution in [0.15, 0.2) is 18.2 Å². The van der Waals surface area contributed by atoms with E-state index in [1.807, 2.05) is 13.8 Å². The molecule has 25 heavy (non-hydrogen) atoms. The number of benzene rings is 1. The Bertz CT molecular complexity index is 526. The third-order valence-corrected chi connectivity index (χ3v) is 4.44. The van der Waals surface area contributed by atoms with E-state index in [1.165, 1.54) is 38.8 Å². The van der Waals surface area contributed by atoms with Gasteiger partial charge in [0.25, 0.3) is 5.91 Å². The molecule has 1 aliphatic rings. The van der Waals surface area contributed by atoms with Crippen molar-refractivity contribution in [3.05, 3.63) is 23.8 Å². The number of ether oxygens (including phenoxy) is 2. The lowest BCUT2D eigenvalue weighted by molar-refractivity contribution is 0.0951. The van der Waals surface area contributed by atoms with Crippen LogP contribution in [0.4, 0.5) is 0 Å². The van der Waals surface area contributed by atoms with Crippen molar-refractivity contribution in [3.63, 3.8) is 0 Å². The Labute approximate surface area is 151 Å². The molecule has 1 aromatic rings. The lowest BCUT2D eigenvalue weighted by Crippen LogP contribution is -2.30. The second-order valence-electron chi connectivity index (χ2n) is 6.39. The Morgan fingerprint density at radius 2 is 1.72 bits per heavy atom. The fourth-order valence-corrected chi connectivity index (χ4v) is 3.16. The monoisotopic (exact) mass is 348 g/mol. The summed E-state index contributed by atoms with van der Waals surface area (Å²) in [6, 6.07) is 5.36. The molecule has 0 aromatic heterocycles. The van der Waals surface area contributed by atoms with Crippen molar-refractivity contribution in [2.75, 3.05) is 39.4 Å². The van der Waals surface area contributed by atoms with Crippen molar-refractivity contribution in [3.8, 4) is 11.5 Å². The molecule has 1 N–H and O–H groups in total. The molecule has 5 heteroatoms. The summed E-state index contributed by atoms with van der Waals surface area (Å²) >= 11 is 0. The second kappa shape index (κ2) is 11.0. The lowest BCUT2D eigenvalue weighted by Gasteiger charge is -2.19. The Morgan fingerprint density at radius 1 is 1.04 bits per heavy atom. The van der Waals surface area contributed by atoms with Gasteiger partial charge >= 0.3 is 0 Å². The van der Waals surface area contributed by atoms with Crippen LogP contribution in [0, 0.1) is 0 Å². The smallest absolute Gasteiger partial charge is 0.251 e. The first kappa shape index (κ1) is 19.6. The van der Waals surface area contributed by atoms with E-state index in [9.17, 15) is 4.79 Å². The summed E-state index contributed by atoms with van der Waals surface area (Å²) in [5.74, 6) is 1.25. The summed E-state index contributed by atoms with van der Waals surface area (Å²) < 4.78 is 11.1. The average molecular weight is 348 g/mol. The summed E-state index contributed by atoms with van der Waals surface area (Å²) in [6.45, 7) is 9.13. The number of likely N-dealkylation sites (tertiary alicyclic amines) is 1. The number of rotatable bonds is 9. The van der Waals surface area contributed by atoms with Crippen LogP contribution in [0.3, 0.4) is 0 Å². The van der Waals surface area contributed by atoms with Crippen LogP contribution in [0.25, 0.3) is 0 Å². The van der Waals surface area contributed by atoms with Crippen molar-refractivity contribution in [2.45, 2.75) is 46.0 Å². The van der Waals surface area contributed by atoms with Crippen LogP contribution in [0.2, 0.25) is 0 Å². The van der Waals surface area contributed by atoms with E-state index in [2.05, 4.69) is 10.2 Å². The van der Waals surface area contributed by atoms with Gasteiger partial charge in [0.15, 0.2) is 11.5 Å². The summed E-state index contributed by atoms with van der Waals surface area (Å²) in [7, 11) is 0. The van der Waals surface area contributed by atoms with E-state index in [0.29, 0.717) is 36.8 Å². The van der Waals surface area contributed by atoms with Crippen molar-refractivity contribution in [1.29, 1.82) is 0 Å². The number of hydrogen-bond acceptors (Lipinski definition) is 4. The number of hydrogen-bond donors (Lipinski definition) is 1. The zero-order valence-electron chi connectivity index (χ0n) is 15.7. The van der Waals surface area contributed by atoms with E-state index in [0.717, 1.165) is 13.0 Å². The molecule has 1 aromatic carbocycles. The molecule has 1 heterocycles. The minimum Gasteiger partial charge on any atom is -0.490 e. The number of nitrogens with zero attached hydrogens (tertiary/aromatic N) is 1. The van der Waals surface area contributed by atoms with Gasteiger partial charge in [-0.1, -0.05) is 12.8 Å². The second-order valence-corrected chi connectivity index (χ2v) is 6.39. The quantitative estimate of drug-likeness (QED) is 0.694. The predicted molar refractivity (Wildman–Crippen MR) is 101 cm³/mol. The van der Waals surface area contributed by atoms with Gasteiger partial charge in [-0.15, -0.1) is 0 Å². The average Bonchev–Trinajstić information content (AvgIpc) is 2.89. The van der Waals surface area contributed by atoms with E-state index in [-0.39, 0.29) is 5.91 Å². The summed E-state index contributed by atoms with van der Waals surface area (Å²) in [5.41, 5.74) is 0.613. The largest absolute Gasteiger partial charge is 0.490 e. The number of nitrogens with one attached hydrogen (secondary N) is 1. The molecule has 0 spiro atoms. The van der Waals surface area contributed by atoms with Gasteiger partial charge in [0.1, 0.15) is 0 Å². The summed E-state index contributed by atoms with van der Waals surface area (Å²) in [5, 5.41) is 3.01. The van der Waals surface area contributed by atoms with Crippen LogP contribution in [-0.2, 0) is 0 Å². The molecule has 1 amide bonds. The third-order valence-electron chi connectivity index (χ3n) is 4.44. The van der Waals surface area contributed by atoms with Gasteiger partial charge in [-0.25, -0.2) is 0 Å². The molecular weight excluding hydrogens is 316 g/mol. The lowest BCUT2D eigenvalue weighted by atomic mass is 10.2. The minimum absolute atomic E-state index is 0.0557. The maximum Gasteiger partial charge on any atom is 0.251 e. The van der Waals surface area contributed by atoms with Crippen LogP contribution in [-0.4, -0.2) is 50.2 Å². The fraction of sp³-hybridized carbons (Fsp3) is 0.650. The van der Waals surface area contributed by atoms with Crippen LogP contribution < -0.4 is 14.8 Å². The first-order valence-electron chi connectivity index (χ1n) is 9.64. The Balaban J connectivity index is 1.80. The molecule has 5 nitrogen and oxygen atoms in total. The normalized spacial score (nSPS) is 15.4. The van der Waals surface area contributed by atoms with Gasteiger partial charge in [0, 0.05) is 12.1 Å². The fourth-order valence-electron chi connectivity index (χ4n) is 3.16. The standard InChI is InChI=1S/C20H32N2O3/c1-3-24-18-11-10-17(16-19(18)25-4-2)20(23)21-12-9-15-22-13-7-5-6-8-14-22/h10-11,16H,3-9,12-15H2,1-2H3,(H,21,23). The molecule has 1 aliphatic heterocycles. The Hall–Kier alpha value is -1.75. The first-order chi connectivity index (χ1) is 12.2. The molecule has 1 saturated heterocycles. The third kappa shape index (κ3) is 6.58. The molecule has 0 unspecified atom stereocenters. The van der Waals surface area contributed by atoms with Gasteiger partial charge in [-0.3, -0.25) is 4.79 Å². The van der Waals surface area contributed by atoms with Gasteiger partial charge in [0.05, 0.1) is 13.2 Å². The van der Waals surface area contributed by atoms with Gasteiger partial charge < -0.3 is 19.7 Å². The van der Waals surface area contributed by atoms with Crippen LogP contribution >= 0.6 is 0 Å². The highest BCUT2D eigenvalue weighted by molar-refractivity contribution is 5.94. The van der Waals surface area contributed by atoms with Crippen molar-refractivity contribution in [2.24, 2.45) is 0 Å². The highest BCUT2D eigenvalue weighted by atomic mass is 16.5. The van der Waals surface area contributed by atoms with E-state index in [4.69, 9.17) is 9.47 Å². The van der Waals surface area contributed by atoms with Crippen LogP contribution in [0.1, 0.15) is 56.3 Å². The SMILES string of the molecule is CCOc1ccc(C(=O)NCCCN2CCCCCC2)cc1OCC. The number of carbonyl (C=O) groups is 1. The zero-order valence-corrected chi connectivity index (χ0v) is 15.7. The van der Waals surface area contributed by atoms with Gasteiger partial charge in [-0.05, 0) is 70.9 Å². The van der Waals surface area contributed by atoms with Crippen LogP contribution in [0.5, 0.6) is 11.5 Å². The van der Waals surface area contributed by atoms with Crippen molar-refractivity contribution < 1.29 is 14.3 Å². The number of carbonyl (C=O) groups excluding carboxylic acids is 1. The molecular formula is C20H32N2O3. The highest BCUT2D eigenvalue weighted by Gasteiger charge is 2.12. The van der Waals surface area contributed by atoms with Crippen molar-refractivity contribution >= 4 is 5.91 Å². The molecule has 2 rings (SSSR count).